The molecule has 1 aliphatic carbocycles. The fourth-order valence-electron chi connectivity index (χ4n) is 3.35. The number of carbonyl (C=O) groups is 3. The number of carbonyl (C=O) groups excluding carboxylic acids is 3. The van der Waals surface area contributed by atoms with Crippen LogP contribution in [-0.2, 0) is 9.53 Å². The molecule has 2 unspecified atom stereocenters. The molecule has 1 aromatic carbocycles. The highest BCUT2D eigenvalue weighted by Crippen LogP contribution is 2.29. The van der Waals surface area contributed by atoms with Crippen LogP contribution in [0.2, 0.25) is 0 Å². The molecule has 0 radical (unpaired) electrons. The van der Waals surface area contributed by atoms with Crippen LogP contribution < -0.4 is 16.0 Å². The molecule has 3 amide bonds. The first kappa shape index (κ1) is 23.4. The van der Waals surface area contributed by atoms with Gasteiger partial charge in [0.1, 0.15) is 0 Å². The smallest absolute Gasteiger partial charge is 0.407 e. The number of hydrogen-bond donors (Lipinski definition) is 3. The topological polar surface area (TPSA) is 99.8 Å². The highest BCUT2D eigenvalue weighted by Gasteiger charge is 2.32. The third-order valence-corrected chi connectivity index (χ3v) is 5.05. The molecule has 0 spiro atoms. The Morgan fingerprint density at radius 2 is 1.90 bits per heavy atom. The molecule has 1 aliphatic rings. The van der Waals surface area contributed by atoms with Crippen LogP contribution in [-0.4, -0.2) is 63.6 Å². The number of amides is 3. The zero-order chi connectivity index (χ0) is 21.9. The van der Waals surface area contributed by atoms with Gasteiger partial charge in [-0.25, -0.2) is 4.79 Å². The molecule has 2 rings (SSSR count). The van der Waals surface area contributed by atoms with Crippen molar-refractivity contribution in [2.24, 2.45) is 11.8 Å². The first-order chi connectivity index (χ1) is 14.4. The molecule has 0 heterocycles. The molecular weight excluding hydrogens is 384 g/mol. The Bertz CT molecular complexity index is 749. The van der Waals surface area contributed by atoms with Gasteiger partial charge in [0.15, 0.2) is 0 Å². The lowest BCUT2D eigenvalue weighted by molar-refractivity contribution is -0.127. The predicted molar refractivity (Wildman–Crippen MR) is 115 cm³/mol. The molecule has 164 valence electrons. The van der Waals surface area contributed by atoms with Crippen molar-refractivity contribution >= 4 is 17.9 Å². The summed E-state index contributed by atoms with van der Waals surface area (Å²) < 4.78 is 5.34. The van der Waals surface area contributed by atoms with Crippen LogP contribution in [0, 0.1) is 11.8 Å². The van der Waals surface area contributed by atoms with E-state index in [2.05, 4.69) is 16.0 Å². The number of nitrogens with one attached hydrogen (secondary N) is 3. The van der Waals surface area contributed by atoms with Crippen molar-refractivity contribution in [3.63, 3.8) is 0 Å². The maximum Gasteiger partial charge on any atom is 0.407 e. The molecule has 0 aromatic heterocycles. The molecule has 0 bridgehead atoms. The van der Waals surface area contributed by atoms with E-state index in [1.165, 1.54) is 0 Å². The van der Waals surface area contributed by atoms with Gasteiger partial charge in [0.25, 0.3) is 5.91 Å². The van der Waals surface area contributed by atoms with E-state index in [4.69, 9.17) is 4.74 Å². The molecule has 0 aliphatic heterocycles. The minimum absolute atomic E-state index is 0.130. The van der Waals surface area contributed by atoms with Crippen LogP contribution in [0.4, 0.5) is 4.79 Å². The van der Waals surface area contributed by atoms with Crippen molar-refractivity contribution in [3.8, 4) is 0 Å². The highest BCUT2D eigenvalue weighted by atomic mass is 16.5. The lowest BCUT2D eigenvalue weighted by atomic mass is 9.81. The Labute approximate surface area is 178 Å². The van der Waals surface area contributed by atoms with Gasteiger partial charge >= 0.3 is 6.09 Å². The number of benzene rings is 1. The first-order valence-corrected chi connectivity index (χ1v) is 10.2. The monoisotopic (exact) mass is 416 g/mol. The molecular formula is C22H32N4O4. The zero-order valence-electron chi connectivity index (χ0n) is 17.9. The average molecular weight is 417 g/mol. The first-order valence-electron chi connectivity index (χ1n) is 10.2. The lowest BCUT2D eigenvalue weighted by Crippen LogP contribution is -2.40. The van der Waals surface area contributed by atoms with Crippen molar-refractivity contribution in [2.75, 3.05) is 40.8 Å². The van der Waals surface area contributed by atoms with Gasteiger partial charge in [0.2, 0.25) is 5.91 Å². The van der Waals surface area contributed by atoms with E-state index in [1.807, 2.05) is 31.1 Å². The normalized spacial score (nSPS) is 18.3. The Morgan fingerprint density at radius 1 is 1.17 bits per heavy atom. The fourth-order valence-corrected chi connectivity index (χ4v) is 3.35. The van der Waals surface area contributed by atoms with Crippen molar-refractivity contribution < 1.29 is 19.1 Å². The second-order valence-electron chi connectivity index (χ2n) is 7.65. The lowest BCUT2D eigenvalue weighted by Gasteiger charge is -2.30. The summed E-state index contributed by atoms with van der Waals surface area (Å²) in [6.07, 6.45) is 3.19. The second-order valence-corrected chi connectivity index (χ2v) is 7.65. The van der Waals surface area contributed by atoms with E-state index < -0.39 is 6.09 Å². The van der Waals surface area contributed by atoms with Crippen LogP contribution >= 0.6 is 0 Å². The third-order valence-electron chi connectivity index (χ3n) is 5.05. The number of hydrogen-bond acceptors (Lipinski definition) is 5. The van der Waals surface area contributed by atoms with Gasteiger partial charge in [-0.15, -0.1) is 0 Å². The average Bonchev–Trinajstić information content (AvgIpc) is 2.75. The molecule has 1 aromatic rings. The van der Waals surface area contributed by atoms with E-state index in [-0.39, 0.29) is 30.3 Å². The van der Waals surface area contributed by atoms with Crippen LogP contribution in [0.3, 0.4) is 0 Å². The van der Waals surface area contributed by atoms with Gasteiger partial charge in [0, 0.05) is 36.7 Å². The van der Waals surface area contributed by atoms with Crippen LogP contribution in [0.15, 0.2) is 42.1 Å². The summed E-state index contributed by atoms with van der Waals surface area (Å²) in [5, 5.41) is 8.29. The summed E-state index contributed by atoms with van der Waals surface area (Å²) >= 11 is 0. The molecule has 2 atom stereocenters. The highest BCUT2D eigenvalue weighted by molar-refractivity contribution is 5.95. The summed E-state index contributed by atoms with van der Waals surface area (Å²) in [6, 6.07) is 8.93. The zero-order valence-corrected chi connectivity index (χ0v) is 17.9. The maximum absolute atomic E-state index is 12.4. The van der Waals surface area contributed by atoms with Gasteiger partial charge in [-0.05, 0) is 52.0 Å². The summed E-state index contributed by atoms with van der Waals surface area (Å²) in [5.41, 5.74) is 1.27. The van der Waals surface area contributed by atoms with Gasteiger partial charge in [0.05, 0.1) is 6.61 Å². The Morgan fingerprint density at radius 3 is 2.57 bits per heavy atom. The Kier molecular flexibility index (Phi) is 9.34. The molecule has 0 fully saturated rings. The Balaban J connectivity index is 1.89. The fraction of sp³-hybridized carbons (Fsp3) is 0.500. The minimum atomic E-state index is -0.475. The quantitative estimate of drug-likeness (QED) is 0.533. The third kappa shape index (κ3) is 7.51. The van der Waals surface area contributed by atoms with Crippen molar-refractivity contribution in [1.29, 1.82) is 0 Å². The van der Waals surface area contributed by atoms with E-state index in [0.29, 0.717) is 30.6 Å². The van der Waals surface area contributed by atoms with Crippen molar-refractivity contribution in [3.05, 3.63) is 47.7 Å². The van der Waals surface area contributed by atoms with Gasteiger partial charge in [-0.1, -0.05) is 24.3 Å². The van der Waals surface area contributed by atoms with Crippen LogP contribution in [0.1, 0.15) is 29.6 Å². The SMILES string of the molecule is CNC(=O)C1CC(NC(=O)c2ccccc2)=CCC1COC(=O)NCCCN(C)C. The summed E-state index contributed by atoms with van der Waals surface area (Å²) in [6.45, 7) is 1.56. The molecule has 8 nitrogen and oxygen atoms in total. The van der Waals surface area contributed by atoms with Crippen LogP contribution in [0.25, 0.3) is 0 Å². The number of alkyl carbamates (subject to hydrolysis) is 1. The standard InChI is InChI=1S/C22H32N4O4/c1-23-21(28)19-14-18(25-20(27)16-8-5-4-6-9-16)11-10-17(19)15-30-22(29)24-12-7-13-26(2)3/h4-6,8-9,11,17,19H,7,10,12-15H2,1-3H3,(H,23,28)(H,24,29)(H,25,27). The number of rotatable bonds is 9. The van der Waals surface area contributed by atoms with Gasteiger partial charge in [-0.3, -0.25) is 9.59 Å². The summed E-state index contributed by atoms with van der Waals surface area (Å²) in [7, 11) is 5.53. The number of ether oxygens (including phenoxy) is 1. The molecule has 8 heteroatoms. The molecule has 30 heavy (non-hydrogen) atoms. The maximum atomic E-state index is 12.4. The molecule has 0 saturated heterocycles. The van der Waals surface area contributed by atoms with Crippen molar-refractivity contribution in [1.82, 2.24) is 20.9 Å². The molecule has 3 N–H and O–H groups in total. The molecule has 0 saturated carbocycles. The minimum Gasteiger partial charge on any atom is -0.449 e. The van der Waals surface area contributed by atoms with E-state index in [0.717, 1.165) is 13.0 Å². The van der Waals surface area contributed by atoms with E-state index >= 15 is 0 Å². The van der Waals surface area contributed by atoms with Crippen LogP contribution in [0.5, 0.6) is 0 Å². The largest absolute Gasteiger partial charge is 0.449 e. The van der Waals surface area contributed by atoms with E-state index in [1.54, 1.807) is 31.3 Å². The number of allylic oxidation sites excluding steroid dienone is 2. The second kappa shape index (κ2) is 12.0. The van der Waals surface area contributed by atoms with Gasteiger partial charge < -0.3 is 25.6 Å². The van der Waals surface area contributed by atoms with E-state index in [9.17, 15) is 14.4 Å². The number of nitrogens with zero attached hydrogens (tertiary/aromatic N) is 1. The summed E-state index contributed by atoms with van der Waals surface area (Å²) in [5.74, 6) is -0.860. The van der Waals surface area contributed by atoms with Gasteiger partial charge in [-0.2, -0.15) is 0 Å². The van der Waals surface area contributed by atoms with Crippen molar-refractivity contribution in [2.45, 2.75) is 19.3 Å². The predicted octanol–water partition coefficient (Wildman–Crippen LogP) is 1.75. The summed E-state index contributed by atoms with van der Waals surface area (Å²) in [4.78, 5) is 38.7. The Hall–Kier alpha value is -2.87.